The average molecular weight is 366 g/mol. The summed E-state index contributed by atoms with van der Waals surface area (Å²) in [4.78, 5) is 14.7. The molecule has 0 saturated carbocycles. The first-order chi connectivity index (χ1) is 12.9. The van der Waals surface area contributed by atoms with Gasteiger partial charge in [0, 0.05) is 17.7 Å². The van der Waals surface area contributed by atoms with Gasteiger partial charge in [0.05, 0.1) is 11.5 Å². The van der Waals surface area contributed by atoms with E-state index in [9.17, 15) is 10.1 Å². The quantitative estimate of drug-likeness (QED) is 0.458. The van der Waals surface area contributed by atoms with Crippen LogP contribution in [0.4, 0.5) is 5.69 Å². The van der Waals surface area contributed by atoms with Crippen LogP contribution >= 0.6 is 0 Å². The van der Waals surface area contributed by atoms with Crippen LogP contribution in [0.2, 0.25) is 0 Å². The Morgan fingerprint density at radius 2 is 2.04 bits per heavy atom. The van der Waals surface area contributed by atoms with Crippen molar-refractivity contribution in [3.63, 3.8) is 0 Å². The molecule has 1 heterocycles. The summed E-state index contributed by atoms with van der Waals surface area (Å²) >= 11 is 0. The van der Waals surface area contributed by atoms with Gasteiger partial charge in [-0.05, 0) is 36.1 Å². The molecule has 1 aromatic heterocycles. The molecule has 0 saturated heterocycles. The summed E-state index contributed by atoms with van der Waals surface area (Å²) in [7, 11) is 0. The van der Waals surface area contributed by atoms with Gasteiger partial charge in [-0.3, -0.25) is 10.1 Å². The molecule has 0 N–H and O–H groups in total. The van der Waals surface area contributed by atoms with Crippen LogP contribution in [0, 0.1) is 17.0 Å². The molecule has 0 spiro atoms. The molecule has 0 fully saturated rings. The standard InChI is InChI=1S/C20H22N4O3/c1-14(2)19-8-7-18(11-15(19)3)27-10-9-23-13-21-20(22-23)16-5-4-6-17(12-16)24(25)26/h4-8,11-14H,9-10H2,1-3H3. The van der Waals surface area contributed by atoms with Gasteiger partial charge in [-0.1, -0.05) is 32.0 Å². The fraction of sp³-hybridized carbons (Fsp3) is 0.300. The Kier molecular flexibility index (Phi) is 5.49. The van der Waals surface area contributed by atoms with Crippen LogP contribution in [0.3, 0.4) is 0 Å². The van der Waals surface area contributed by atoms with Crippen LogP contribution in [0.5, 0.6) is 5.75 Å². The summed E-state index contributed by atoms with van der Waals surface area (Å²) in [5, 5.41) is 15.3. The van der Waals surface area contributed by atoms with Gasteiger partial charge in [-0.25, -0.2) is 9.67 Å². The summed E-state index contributed by atoms with van der Waals surface area (Å²) in [6.07, 6.45) is 1.60. The Labute approximate surface area is 157 Å². The number of nitro benzene ring substituents is 1. The second-order valence-electron chi connectivity index (χ2n) is 6.66. The number of hydrogen-bond donors (Lipinski definition) is 0. The topological polar surface area (TPSA) is 83.1 Å². The Bertz CT molecular complexity index is 950. The first-order valence-electron chi connectivity index (χ1n) is 8.81. The van der Waals surface area contributed by atoms with Crippen molar-refractivity contribution in [3.05, 3.63) is 70.0 Å². The number of hydrogen-bond acceptors (Lipinski definition) is 5. The molecule has 0 bridgehead atoms. The predicted octanol–water partition coefficient (Wildman–Crippen LogP) is 4.36. The fourth-order valence-electron chi connectivity index (χ4n) is 2.94. The largest absolute Gasteiger partial charge is 0.492 e. The van der Waals surface area contributed by atoms with E-state index < -0.39 is 4.92 Å². The van der Waals surface area contributed by atoms with Gasteiger partial charge in [0.15, 0.2) is 5.82 Å². The Morgan fingerprint density at radius 3 is 2.74 bits per heavy atom. The maximum absolute atomic E-state index is 10.9. The molecule has 0 aliphatic carbocycles. The van der Waals surface area contributed by atoms with Gasteiger partial charge >= 0.3 is 0 Å². The number of ether oxygens (including phenoxy) is 1. The third-order valence-electron chi connectivity index (χ3n) is 4.30. The molecule has 0 amide bonds. The second kappa shape index (κ2) is 7.99. The molecule has 0 radical (unpaired) electrons. The molecule has 3 rings (SSSR count). The normalized spacial score (nSPS) is 11.0. The number of rotatable bonds is 7. The van der Waals surface area contributed by atoms with Gasteiger partial charge in [0.25, 0.3) is 5.69 Å². The van der Waals surface area contributed by atoms with Crippen molar-refractivity contribution in [1.29, 1.82) is 0 Å². The lowest BCUT2D eigenvalue weighted by atomic mass is 9.98. The lowest BCUT2D eigenvalue weighted by Crippen LogP contribution is -2.09. The average Bonchev–Trinajstić information content (AvgIpc) is 3.10. The minimum absolute atomic E-state index is 0.0207. The highest BCUT2D eigenvalue weighted by atomic mass is 16.6. The Morgan fingerprint density at radius 1 is 1.22 bits per heavy atom. The van der Waals surface area contributed by atoms with Crippen molar-refractivity contribution in [3.8, 4) is 17.1 Å². The summed E-state index contributed by atoms with van der Waals surface area (Å²) in [6, 6.07) is 12.4. The molecule has 3 aromatic rings. The molecule has 27 heavy (non-hydrogen) atoms. The van der Waals surface area contributed by atoms with E-state index in [-0.39, 0.29) is 5.69 Å². The van der Waals surface area contributed by atoms with Gasteiger partial charge < -0.3 is 4.74 Å². The van der Waals surface area contributed by atoms with Crippen molar-refractivity contribution >= 4 is 5.69 Å². The van der Waals surface area contributed by atoms with Crippen molar-refractivity contribution in [2.75, 3.05) is 6.61 Å². The van der Waals surface area contributed by atoms with Crippen molar-refractivity contribution in [1.82, 2.24) is 14.8 Å². The van der Waals surface area contributed by atoms with E-state index in [1.165, 1.54) is 23.3 Å². The molecule has 2 aromatic carbocycles. The molecule has 7 nitrogen and oxygen atoms in total. The monoisotopic (exact) mass is 366 g/mol. The van der Waals surface area contributed by atoms with E-state index in [0.717, 1.165) is 5.75 Å². The predicted molar refractivity (Wildman–Crippen MR) is 103 cm³/mol. The highest BCUT2D eigenvalue weighted by Crippen LogP contribution is 2.23. The van der Waals surface area contributed by atoms with Crippen molar-refractivity contribution in [2.24, 2.45) is 0 Å². The molecule has 0 aliphatic heterocycles. The molecule has 0 atom stereocenters. The van der Waals surface area contributed by atoms with Gasteiger partial charge in [0.2, 0.25) is 0 Å². The Balaban J connectivity index is 1.61. The third kappa shape index (κ3) is 4.49. The zero-order valence-corrected chi connectivity index (χ0v) is 15.6. The van der Waals surface area contributed by atoms with Crippen LogP contribution in [0.15, 0.2) is 48.8 Å². The lowest BCUT2D eigenvalue weighted by molar-refractivity contribution is -0.384. The zero-order valence-electron chi connectivity index (χ0n) is 15.6. The molecule has 0 unspecified atom stereocenters. The van der Waals surface area contributed by atoms with Crippen LogP contribution in [0.25, 0.3) is 11.4 Å². The minimum atomic E-state index is -0.430. The maximum Gasteiger partial charge on any atom is 0.270 e. The second-order valence-corrected chi connectivity index (χ2v) is 6.66. The summed E-state index contributed by atoms with van der Waals surface area (Å²) in [5.74, 6) is 1.77. The van der Waals surface area contributed by atoms with Gasteiger partial charge in [-0.2, -0.15) is 5.10 Å². The van der Waals surface area contributed by atoms with E-state index in [2.05, 4.69) is 36.9 Å². The SMILES string of the molecule is Cc1cc(OCCn2cnc(-c3cccc([N+](=O)[O-])c3)n2)ccc1C(C)C. The third-order valence-corrected chi connectivity index (χ3v) is 4.30. The molecule has 0 aliphatic rings. The van der Waals surface area contributed by atoms with E-state index in [1.807, 2.05) is 12.1 Å². The number of non-ortho nitro benzene ring substituents is 1. The number of aromatic nitrogens is 3. The van der Waals surface area contributed by atoms with E-state index >= 15 is 0 Å². The zero-order chi connectivity index (χ0) is 19.4. The van der Waals surface area contributed by atoms with Crippen LogP contribution in [-0.2, 0) is 6.54 Å². The molecular weight excluding hydrogens is 344 g/mol. The smallest absolute Gasteiger partial charge is 0.270 e. The summed E-state index contributed by atoms with van der Waals surface area (Å²) in [5.41, 5.74) is 3.17. The molecule has 7 heteroatoms. The summed E-state index contributed by atoms with van der Waals surface area (Å²) < 4.78 is 7.48. The first kappa shape index (κ1) is 18.6. The van der Waals surface area contributed by atoms with Crippen molar-refractivity contribution in [2.45, 2.75) is 33.2 Å². The molecule has 140 valence electrons. The maximum atomic E-state index is 10.9. The van der Waals surface area contributed by atoms with Gasteiger partial charge in [-0.15, -0.1) is 0 Å². The van der Waals surface area contributed by atoms with Crippen molar-refractivity contribution < 1.29 is 9.66 Å². The first-order valence-corrected chi connectivity index (χ1v) is 8.81. The van der Waals surface area contributed by atoms with Gasteiger partial charge in [0.1, 0.15) is 18.7 Å². The number of nitro groups is 1. The molecular formula is C20H22N4O3. The highest BCUT2D eigenvalue weighted by molar-refractivity contribution is 5.58. The Hall–Kier alpha value is -3.22. The van der Waals surface area contributed by atoms with Crippen LogP contribution < -0.4 is 4.74 Å². The van der Waals surface area contributed by atoms with E-state index in [1.54, 1.807) is 23.1 Å². The minimum Gasteiger partial charge on any atom is -0.492 e. The number of nitrogens with zero attached hydrogens (tertiary/aromatic N) is 4. The summed E-state index contributed by atoms with van der Waals surface area (Å²) in [6.45, 7) is 7.43. The lowest BCUT2D eigenvalue weighted by Gasteiger charge is -2.12. The highest BCUT2D eigenvalue weighted by Gasteiger charge is 2.10. The van der Waals surface area contributed by atoms with E-state index in [0.29, 0.717) is 30.5 Å². The van der Waals surface area contributed by atoms with Crippen LogP contribution in [0.1, 0.15) is 30.9 Å². The van der Waals surface area contributed by atoms with E-state index in [4.69, 9.17) is 4.74 Å². The van der Waals surface area contributed by atoms with Crippen LogP contribution in [-0.4, -0.2) is 26.3 Å². The fourth-order valence-corrected chi connectivity index (χ4v) is 2.94. The number of aryl methyl sites for hydroxylation is 1. The number of benzene rings is 2.